The van der Waals surface area contributed by atoms with Gasteiger partial charge in [-0.1, -0.05) is 19.9 Å². The Bertz CT molecular complexity index is 664. The number of guanidine groups is 1. The summed E-state index contributed by atoms with van der Waals surface area (Å²) in [6, 6.07) is 3.98. The molecule has 1 amide bonds. The number of nitrogens with one attached hydrogen (secondary N) is 2. The standard InChI is InChI=1S/C21H36N6O2/c1-16(2)15-29-12-6-10-25-21(23-3)26-13-17-7-4-9-24-20(17)27-11-5-8-18(14-27)19(22)28/h4,7,9,16,18H,5-6,8,10-15H2,1-3H3,(H2,22,28)(H2,23,25,26). The highest BCUT2D eigenvalue weighted by Crippen LogP contribution is 2.24. The van der Waals surface area contributed by atoms with Crippen LogP contribution in [0.5, 0.6) is 0 Å². The van der Waals surface area contributed by atoms with Gasteiger partial charge in [-0.15, -0.1) is 0 Å². The minimum Gasteiger partial charge on any atom is -0.381 e. The summed E-state index contributed by atoms with van der Waals surface area (Å²) in [7, 11) is 1.76. The summed E-state index contributed by atoms with van der Waals surface area (Å²) in [6.45, 7) is 8.74. The van der Waals surface area contributed by atoms with Crippen LogP contribution in [-0.2, 0) is 16.1 Å². The molecule has 2 heterocycles. The van der Waals surface area contributed by atoms with Gasteiger partial charge in [0.05, 0.1) is 5.92 Å². The van der Waals surface area contributed by atoms with Gasteiger partial charge in [0.15, 0.2) is 5.96 Å². The van der Waals surface area contributed by atoms with Crippen LogP contribution < -0.4 is 21.3 Å². The maximum absolute atomic E-state index is 11.6. The average molecular weight is 405 g/mol. The number of pyridine rings is 1. The number of piperidine rings is 1. The van der Waals surface area contributed by atoms with E-state index in [0.29, 0.717) is 19.0 Å². The minimum atomic E-state index is -0.229. The number of aromatic nitrogens is 1. The van der Waals surface area contributed by atoms with Crippen LogP contribution >= 0.6 is 0 Å². The Morgan fingerprint density at radius 3 is 3.00 bits per heavy atom. The van der Waals surface area contributed by atoms with Crippen LogP contribution in [0.4, 0.5) is 5.82 Å². The summed E-state index contributed by atoms with van der Waals surface area (Å²) in [5.41, 5.74) is 6.59. The molecule has 0 bridgehead atoms. The topological polar surface area (TPSA) is 105 Å². The number of nitrogens with zero attached hydrogens (tertiary/aromatic N) is 3. The summed E-state index contributed by atoms with van der Waals surface area (Å²) in [5.74, 6) is 1.87. The highest BCUT2D eigenvalue weighted by Gasteiger charge is 2.25. The smallest absolute Gasteiger partial charge is 0.222 e. The molecule has 0 spiro atoms. The van der Waals surface area contributed by atoms with Gasteiger partial charge in [0.25, 0.3) is 0 Å². The number of ether oxygens (including phenoxy) is 1. The van der Waals surface area contributed by atoms with Crippen LogP contribution in [0.1, 0.15) is 38.7 Å². The lowest BCUT2D eigenvalue weighted by Crippen LogP contribution is -2.42. The second-order valence-electron chi connectivity index (χ2n) is 7.85. The number of carbonyl (C=O) groups is 1. The number of amides is 1. The predicted molar refractivity (Wildman–Crippen MR) is 117 cm³/mol. The van der Waals surface area contributed by atoms with Gasteiger partial charge < -0.3 is 26.0 Å². The number of hydrogen-bond donors (Lipinski definition) is 3. The Balaban J connectivity index is 1.84. The van der Waals surface area contributed by atoms with Crippen molar-refractivity contribution in [3.63, 3.8) is 0 Å². The molecule has 1 atom stereocenters. The van der Waals surface area contributed by atoms with Crippen molar-refractivity contribution in [2.45, 2.75) is 39.7 Å². The number of rotatable bonds is 10. The lowest BCUT2D eigenvalue weighted by atomic mass is 9.97. The summed E-state index contributed by atoms with van der Waals surface area (Å²) >= 11 is 0. The quantitative estimate of drug-likeness (QED) is 0.310. The van der Waals surface area contributed by atoms with E-state index in [-0.39, 0.29) is 11.8 Å². The summed E-state index contributed by atoms with van der Waals surface area (Å²) < 4.78 is 5.60. The molecular formula is C21H36N6O2. The van der Waals surface area contributed by atoms with E-state index in [2.05, 4.69) is 45.4 Å². The van der Waals surface area contributed by atoms with E-state index in [4.69, 9.17) is 10.5 Å². The van der Waals surface area contributed by atoms with Crippen LogP contribution in [0.2, 0.25) is 0 Å². The fraction of sp³-hybridized carbons (Fsp3) is 0.667. The molecule has 4 N–H and O–H groups in total. The molecule has 1 aromatic heterocycles. The first kappa shape index (κ1) is 22.9. The van der Waals surface area contributed by atoms with Gasteiger partial charge in [-0.2, -0.15) is 0 Å². The summed E-state index contributed by atoms with van der Waals surface area (Å²) in [6.07, 6.45) is 4.51. The molecule has 8 nitrogen and oxygen atoms in total. The van der Waals surface area contributed by atoms with E-state index in [9.17, 15) is 4.79 Å². The van der Waals surface area contributed by atoms with Gasteiger partial charge in [0.1, 0.15) is 5.82 Å². The van der Waals surface area contributed by atoms with Crippen molar-refractivity contribution in [2.24, 2.45) is 22.6 Å². The molecule has 1 saturated heterocycles. The first-order valence-corrected chi connectivity index (χ1v) is 10.5. The molecule has 0 radical (unpaired) electrons. The maximum atomic E-state index is 11.6. The zero-order chi connectivity index (χ0) is 21.1. The van der Waals surface area contributed by atoms with Crippen molar-refractivity contribution >= 4 is 17.7 Å². The second-order valence-corrected chi connectivity index (χ2v) is 7.85. The Kier molecular flexibility index (Phi) is 9.70. The lowest BCUT2D eigenvalue weighted by Gasteiger charge is -2.33. The zero-order valence-corrected chi connectivity index (χ0v) is 18.0. The van der Waals surface area contributed by atoms with Crippen molar-refractivity contribution in [3.05, 3.63) is 23.9 Å². The molecule has 1 unspecified atom stereocenters. The Morgan fingerprint density at radius 1 is 1.45 bits per heavy atom. The molecule has 29 heavy (non-hydrogen) atoms. The highest BCUT2D eigenvalue weighted by atomic mass is 16.5. The van der Waals surface area contributed by atoms with Crippen molar-refractivity contribution in [1.82, 2.24) is 15.6 Å². The molecule has 1 aliphatic heterocycles. The SMILES string of the molecule is CN=C(NCCCOCC(C)C)NCc1cccnc1N1CCCC(C(N)=O)C1. The molecule has 0 aromatic carbocycles. The van der Waals surface area contributed by atoms with E-state index in [1.165, 1.54) is 0 Å². The van der Waals surface area contributed by atoms with Crippen LogP contribution in [-0.4, -0.2) is 56.7 Å². The molecule has 0 aliphatic carbocycles. The summed E-state index contributed by atoms with van der Waals surface area (Å²) in [5, 5.41) is 6.66. The summed E-state index contributed by atoms with van der Waals surface area (Å²) in [4.78, 5) is 22.6. The van der Waals surface area contributed by atoms with E-state index < -0.39 is 0 Å². The van der Waals surface area contributed by atoms with E-state index in [1.807, 2.05) is 6.07 Å². The van der Waals surface area contributed by atoms with Crippen LogP contribution in [0.25, 0.3) is 0 Å². The normalized spacial score (nSPS) is 17.4. The first-order valence-electron chi connectivity index (χ1n) is 10.5. The van der Waals surface area contributed by atoms with Crippen molar-refractivity contribution in [1.29, 1.82) is 0 Å². The Hall–Kier alpha value is -2.35. The molecule has 2 rings (SSSR count). The van der Waals surface area contributed by atoms with Gasteiger partial charge in [-0.25, -0.2) is 4.98 Å². The van der Waals surface area contributed by atoms with E-state index in [1.54, 1.807) is 13.2 Å². The van der Waals surface area contributed by atoms with Crippen LogP contribution in [0.3, 0.4) is 0 Å². The van der Waals surface area contributed by atoms with Gasteiger partial charge in [0, 0.05) is 58.2 Å². The lowest BCUT2D eigenvalue weighted by molar-refractivity contribution is -0.122. The zero-order valence-electron chi connectivity index (χ0n) is 18.0. The molecule has 1 aliphatic rings. The van der Waals surface area contributed by atoms with Gasteiger partial charge >= 0.3 is 0 Å². The molecule has 8 heteroatoms. The monoisotopic (exact) mass is 404 g/mol. The molecule has 0 saturated carbocycles. The van der Waals surface area contributed by atoms with E-state index >= 15 is 0 Å². The second kappa shape index (κ2) is 12.3. The van der Waals surface area contributed by atoms with Crippen molar-refractivity contribution in [2.75, 3.05) is 44.8 Å². The predicted octanol–water partition coefficient (Wildman–Crippen LogP) is 1.51. The van der Waals surface area contributed by atoms with Crippen LogP contribution in [0, 0.1) is 11.8 Å². The Labute approximate surface area is 174 Å². The molecule has 1 aromatic rings. The van der Waals surface area contributed by atoms with E-state index in [0.717, 1.165) is 62.9 Å². The average Bonchev–Trinajstić information content (AvgIpc) is 2.72. The minimum absolute atomic E-state index is 0.112. The number of nitrogens with two attached hydrogens (primary N) is 1. The number of primary amides is 1. The molecule has 162 valence electrons. The van der Waals surface area contributed by atoms with Crippen molar-refractivity contribution < 1.29 is 9.53 Å². The molecule has 1 fully saturated rings. The van der Waals surface area contributed by atoms with Gasteiger partial charge in [-0.05, 0) is 31.2 Å². The third-order valence-corrected chi connectivity index (χ3v) is 4.87. The van der Waals surface area contributed by atoms with Crippen molar-refractivity contribution in [3.8, 4) is 0 Å². The van der Waals surface area contributed by atoms with Gasteiger partial charge in [0.2, 0.25) is 5.91 Å². The molecular weight excluding hydrogens is 368 g/mol. The number of hydrogen-bond acceptors (Lipinski definition) is 5. The third-order valence-electron chi connectivity index (χ3n) is 4.87. The fourth-order valence-electron chi connectivity index (χ4n) is 3.35. The fourth-order valence-corrected chi connectivity index (χ4v) is 3.35. The number of aliphatic imine (C=N–C) groups is 1. The van der Waals surface area contributed by atoms with Crippen LogP contribution in [0.15, 0.2) is 23.3 Å². The first-order chi connectivity index (χ1) is 14.0. The number of anilines is 1. The maximum Gasteiger partial charge on any atom is 0.222 e. The third kappa shape index (κ3) is 7.89. The highest BCUT2D eigenvalue weighted by molar-refractivity contribution is 5.80. The largest absolute Gasteiger partial charge is 0.381 e. The van der Waals surface area contributed by atoms with Gasteiger partial charge in [-0.3, -0.25) is 9.79 Å². The Morgan fingerprint density at radius 2 is 2.28 bits per heavy atom. The number of carbonyl (C=O) groups excluding carboxylic acids is 1.